The summed E-state index contributed by atoms with van der Waals surface area (Å²) in [7, 11) is 0. The molecule has 3 aromatic carbocycles. The average Bonchev–Trinajstić information content (AvgIpc) is 3.09. The molecule has 1 aliphatic rings. The number of aryl methyl sites for hydroxylation is 1. The summed E-state index contributed by atoms with van der Waals surface area (Å²) in [5.41, 5.74) is 1.25. The van der Waals surface area contributed by atoms with Crippen LogP contribution in [0.15, 0.2) is 78.9 Å². The van der Waals surface area contributed by atoms with Crippen LogP contribution in [0.4, 0.5) is 4.39 Å². The molecule has 3 amide bonds. The zero-order chi connectivity index (χ0) is 34.4. The van der Waals surface area contributed by atoms with Crippen molar-refractivity contribution in [2.45, 2.75) is 19.4 Å². The first kappa shape index (κ1) is 33.5. The van der Waals surface area contributed by atoms with E-state index in [2.05, 4.69) is 10.3 Å². The predicted molar refractivity (Wildman–Crippen MR) is 171 cm³/mol. The summed E-state index contributed by atoms with van der Waals surface area (Å²) in [6.07, 6.45) is -1.70. The molecule has 0 spiro atoms. The van der Waals surface area contributed by atoms with Crippen molar-refractivity contribution < 1.29 is 43.3 Å². The fraction of sp³-hybridized carbons (Fsp3) is 0.257. The lowest BCUT2D eigenvalue weighted by Crippen LogP contribution is -2.53. The Bertz CT molecular complexity index is 1850. The fourth-order valence-corrected chi connectivity index (χ4v) is 5.54. The number of aliphatic carboxylic acids is 2. The molecule has 3 N–H and O–H groups in total. The van der Waals surface area contributed by atoms with E-state index in [4.69, 9.17) is 4.74 Å². The minimum Gasteiger partial charge on any atom is -0.481 e. The number of aromatic nitrogens is 1. The summed E-state index contributed by atoms with van der Waals surface area (Å²) < 4.78 is 20.3. The number of carbonyl (C=O) groups excluding carboxylic acids is 3. The van der Waals surface area contributed by atoms with Gasteiger partial charge >= 0.3 is 11.9 Å². The number of nitrogens with zero attached hydrogens (tertiary/aromatic N) is 3. The number of piperazine rings is 1. The Morgan fingerprint density at radius 1 is 0.875 bits per heavy atom. The van der Waals surface area contributed by atoms with E-state index in [0.717, 1.165) is 6.07 Å². The zero-order valence-electron chi connectivity index (χ0n) is 26.0. The number of ether oxygens (including phenoxy) is 1. The minimum absolute atomic E-state index is 0.0903. The van der Waals surface area contributed by atoms with Crippen LogP contribution in [0.3, 0.4) is 0 Å². The molecular weight excluding hydrogens is 623 g/mol. The van der Waals surface area contributed by atoms with E-state index in [1.54, 1.807) is 72.5 Å². The molecule has 0 bridgehead atoms. The summed E-state index contributed by atoms with van der Waals surface area (Å²) in [6.45, 7) is 2.20. The number of carboxylic acids is 2. The molecule has 48 heavy (non-hydrogen) atoms. The molecule has 2 unspecified atom stereocenters. The fourth-order valence-electron chi connectivity index (χ4n) is 5.54. The molecule has 12 nitrogen and oxygen atoms in total. The van der Waals surface area contributed by atoms with Gasteiger partial charge < -0.3 is 30.1 Å². The van der Waals surface area contributed by atoms with Gasteiger partial charge in [0.1, 0.15) is 23.2 Å². The van der Waals surface area contributed by atoms with E-state index in [0.29, 0.717) is 16.7 Å². The SMILES string of the molecule is Cc1cc(F)cc2c(OC(C(=O)O)c3ccccc3)cc(C(=O)NCCC(C(=O)O)C(=O)N3CCN(C(=O)c4ccccc4)CC3)nc12. The summed E-state index contributed by atoms with van der Waals surface area (Å²) in [5.74, 6) is -6.33. The molecule has 2 heterocycles. The second-order valence-electron chi connectivity index (χ2n) is 11.3. The summed E-state index contributed by atoms with van der Waals surface area (Å²) >= 11 is 0. The van der Waals surface area contributed by atoms with Crippen LogP contribution < -0.4 is 10.1 Å². The van der Waals surface area contributed by atoms with Gasteiger partial charge in [-0.3, -0.25) is 19.2 Å². The number of nitrogens with one attached hydrogen (secondary N) is 1. The second kappa shape index (κ2) is 14.7. The normalized spacial score (nSPS) is 14.2. The van der Waals surface area contributed by atoms with Crippen LogP contribution in [-0.4, -0.2) is 87.4 Å². The highest BCUT2D eigenvalue weighted by atomic mass is 19.1. The standard InChI is InChI=1S/C35H33FN4O8/c1-21-18-24(36)19-26-28(48-30(35(46)47)22-8-4-2-5-9-22)20-27(38-29(21)26)31(41)37-13-12-25(34(44)45)33(43)40-16-14-39(15-17-40)32(42)23-10-6-3-7-11-23/h2-11,18-20,25,30H,12-17H2,1H3,(H,37,41)(H,44,45)(H,46,47). The highest BCUT2D eigenvalue weighted by Gasteiger charge is 2.33. The molecule has 1 aromatic heterocycles. The topological polar surface area (TPSA) is 166 Å². The van der Waals surface area contributed by atoms with Crippen LogP contribution in [0, 0.1) is 18.7 Å². The largest absolute Gasteiger partial charge is 0.481 e. The van der Waals surface area contributed by atoms with Crippen LogP contribution in [0.5, 0.6) is 5.75 Å². The summed E-state index contributed by atoms with van der Waals surface area (Å²) in [6, 6.07) is 20.4. The Labute approximate surface area is 274 Å². The molecule has 13 heteroatoms. The molecular formula is C35H33FN4O8. The van der Waals surface area contributed by atoms with Gasteiger partial charge in [0.15, 0.2) is 0 Å². The lowest BCUT2D eigenvalue weighted by molar-refractivity contribution is -0.152. The summed E-state index contributed by atoms with van der Waals surface area (Å²) in [5, 5.41) is 22.5. The smallest absolute Gasteiger partial charge is 0.349 e. The van der Waals surface area contributed by atoms with E-state index in [1.807, 2.05) is 0 Å². The van der Waals surface area contributed by atoms with Gasteiger partial charge in [0, 0.05) is 55.3 Å². The van der Waals surface area contributed by atoms with Gasteiger partial charge in [0.05, 0.1) is 5.52 Å². The molecule has 1 saturated heterocycles. The van der Waals surface area contributed by atoms with Gasteiger partial charge in [-0.2, -0.15) is 0 Å². The Morgan fingerprint density at radius 2 is 1.50 bits per heavy atom. The van der Waals surface area contributed by atoms with Gasteiger partial charge in [-0.1, -0.05) is 48.5 Å². The Balaban J connectivity index is 1.27. The van der Waals surface area contributed by atoms with E-state index in [9.17, 15) is 38.6 Å². The zero-order valence-corrected chi connectivity index (χ0v) is 26.0. The highest BCUT2D eigenvalue weighted by Crippen LogP contribution is 2.32. The lowest BCUT2D eigenvalue weighted by atomic mass is 10.0. The van der Waals surface area contributed by atoms with E-state index >= 15 is 0 Å². The third kappa shape index (κ3) is 7.57. The Morgan fingerprint density at radius 3 is 2.12 bits per heavy atom. The number of rotatable bonds is 11. The van der Waals surface area contributed by atoms with Crippen LogP contribution in [0.2, 0.25) is 0 Å². The van der Waals surface area contributed by atoms with E-state index < -0.39 is 41.6 Å². The third-order valence-electron chi connectivity index (χ3n) is 8.05. The van der Waals surface area contributed by atoms with Crippen LogP contribution in [0.1, 0.15) is 44.5 Å². The number of carboxylic acid groups (broad SMARTS) is 2. The van der Waals surface area contributed by atoms with Crippen LogP contribution in [0.25, 0.3) is 10.9 Å². The molecule has 248 valence electrons. The van der Waals surface area contributed by atoms with Crippen molar-refractivity contribution in [3.05, 3.63) is 107 Å². The monoisotopic (exact) mass is 656 g/mol. The number of halogens is 1. The molecule has 2 atom stereocenters. The third-order valence-corrected chi connectivity index (χ3v) is 8.05. The molecule has 0 aliphatic carbocycles. The number of benzene rings is 3. The molecule has 0 radical (unpaired) electrons. The maximum atomic E-state index is 14.4. The first-order chi connectivity index (χ1) is 23.0. The lowest BCUT2D eigenvalue weighted by Gasteiger charge is -2.36. The first-order valence-electron chi connectivity index (χ1n) is 15.2. The summed E-state index contributed by atoms with van der Waals surface area (Å²) in [4.78, 5) is 70.8. The highest BCUT2D eigenvalue weighted by molar-refractivity contribution is 5.99. The van der Waals surface area contributed by atoms with Crippen molar-refractivity contribution in [3.63, 3.8) is 0 Å². The van der Waals surface area contributed by atoms with Crippen molar-refractivity contribution in [2.24, 2.45) is 5.92 Å². The van der Waals surface area contributed by atoms with Crippen molar-refractivity contribution >= 4 is 40.6 Å². The number of carbonyl (C=O) groups is 5. The maximum absolute atomic E-state index is 14.4. The number of fused-ring (bicyclic) bond motifs is 1. The second-order valence-corrected chi connectivity index (χ2v) is 11.3. The number of hydrogen-bond donors (Lipinski definition) is 3. The molecule has 1 fully saturated rings. The Kier molecular flexibility index (Phi) is 10.3. The Hall–Kier alpha value is -5.85. The van der Waals surface area contributed by atoms with Crippen LogP contribution >= 0.6 is 0 Å². The number of amides is 3. The van der Waals surface area contributed by atoms with Crippen molar-refractivity contribution in [2.75, 3.05) is 32.7 Å². The van der Waals surface area contributed by atoms with Gasteiger partial charge in [-0.15, -0.1) is 0 Å². The molecule has 5 rings (SSSR count). The molecule has 4 aromatic rings. The minimum atomic E-state index is -1.48. The van der Waals surface area contributed by atoms with Gasteiger partial charge in [0.25, 0.3) is 11.8 Å². The first-order valence-corrected chi connectivity index (χ1v) is 15.2. The number of hydrogen-bond acceptors (Lipinski definition) is 7. The van der Waals surface area contributed by atoms with Crippen molar-refractivity contribution in [1.29, 1.82) is 0 Å². The predicted octanol–water partition coefficient (Wildman–Crippen LogP) is 3.69. The molecule has 1 aliphatic heterocycles. The van der Waals surface area contributed by atoms with Gasteiger partial charge in [-0.05, 0) is 43.2 Å². The number of pyridine rings is 1. The van der Waals surface area contributed by atoms with Crippen molar-refractivity contribution in [1.82, 2.24) is 20.1 Å². The van der Waals surface area contributed by atoms with Crippen molar-refractivity contribution in [3.8, 4) is 5.75 Å². The quantitative estimate of drug-likeness (QED) is 0.204. The van der Waals surface area contributed by atoms with Gasteiger partial charge in [0.2, 0.25) is 12.0 Å². The average molecular weight is 657 g/mol. The van der Waals surface area contributed by atoms with Gasteiger partial charge in [-0.25, -0.2) is 14.2 Å². The maximum Gasteiger partial charge on any atom is 0.349 e. The van der Waals surface area contributed by atoms with E-state index in [-0.39, 0.29) is 67.4 Å². The van der Waals surface area contributed by atoms with Crippen LogP contribution in [-0.2, 0) is 14.4 Å². The molecule has 0 saturated carbocycles. The van der Waals surface area contributed by atoms with E-state index in [1.165, 1.54) is 17.0 Å².